The number of anilines is 1. The maximum atomic E-state index is 10.8. The average molecular weight is 208 g/mol. The molecule has 1 aromatic carbocycles. The summed E-state index contributed by atoms with van der Waals surface area (Å²) in [4.78, 5) is 12.6. The zero-order valence-electron chi connectivity index (χ0n) is 8.43. The molecule has 80 valence electrons. The van der Waals surface area contributed by atoms with Crippen LogP contribution in [-0.2, 0) is 0 Å². The zero-order chi connectivity index (χ0) is 10.7. The first-order chi connectivity index (χ1) is 7.29. The number of para-hydroxylation sites is 2. The fourth-order valence-corrected chi connectivity index (χ4v) is 1.88. The van der Waals surface area contributed by atoms with Crippen molar-refractivity contribution in [2.75, 3.05) is 31.1 Å². The van der Waals surface area contributed by atoms with E-state index in [2.05, 4.69) is 10.2 Å². The molecule has 1 aliphatic heterocycles. The van der Waals surface area contributed by atoms with E-state index >= 15 is 0 Å². The highest BCUT2D eigenvalue weighted by Gasteiger charge is 2.20. The van der Waals surface area contributed by atoms with Crippen molar-refractivity contribution in [1.29, 1.82) is 0 Å². The molecule has 2 rings (SSSR count). The number of hydrogen-bond donors (Lipinski definition) is 1. The predicted molar refractivity (Wildman–Crippen MR) is 57.0 cm³/mol. The van der Waals surface area contributed by atoms with Crippen LogP contribution in [-0.4, -0.2) is 31.1 Å². The number of quaternary nitrogens is 1. The Bertz CT molecular complexity index is 361. The molecule has 5 nitrogen and oxygen atoms in total. The number of nitrogens with two attached hydrogens (primary N) is 1. The van der Waals surface area contributed by atoms with Gasteiger partial charge in [-0.15, -0.1) is 0 Å². The van der Waals surface area contributed by atoms with E-state index in [1.165, 1.54) is 0 Å². The normalized spacial score (nSPS) is 16.4. The van der Waals surface area contributed by atoms with Gasteiger partial charge in [0.05, 0.1) is 31.1 Å². The van der Waals surface area contributed by atoms with E-state index in [1.807, 2.05) is 12.1 Å². The average Bonchev–Trinajstić information content (AvgIpc) is 2.30. The number of nitro benzene ring substituents is 1. The SMILES string of the molecule is O=[N+]([O-])c1ccccc1N1CC[NH2+]CC1. The summed E-state index contributed by atoms with van der Waals surface area (Å²) in [7, 11) is 0. The lowest BCUT2D eigenvalue weighted by molar-refractivity contribution is -0.655. The smallest absolute Gasteiger partial charge is 0.292 e. The Balaban J connectivity index is 2.29. The fourth-order valence-electron chi connectivity index (χ4n) is 1.88. The van der Waals surface area contributed by atoms with Gasteiger partial charge in [-0.3, -0.25) is 10.1 Å². The van der Waals surface area contributed by atoms with Crippen LogP contribution in [0.1, 0.15) is 0 Å². The van der Waals surface area contributed by atoms with Crippen molar-refractivity contribution >= 4 is 11.4 Å². The van der Waals surface area contributed by atoms with Gasteiger partial charge in [-0.1, -0.05) is 12.1 Å². The first kappa shape index (κ1) is 9.92. The molecule has 0 bridgehead atoms. The van der Waals surface area contributed by atoms with Crippen LogP contribution < -0.4 is 10.2 Å². The van der Waals surface area contributed by atoms with E-state index in [1.54, 1.807) is 12.1 Å². The maximum Gasteiger partial charge on any atom is 0.292 e. The quantitative estimate of drug-likeness (QED) is 0.548. The molecule has 0 spiro atoms. The largest absolute Gasteiger partial charge is 0.355 e. The third-order valence-electron chi connectivity index (χ3n) is 2.63. The molecule has 5 heteroatoms. The highest BCUT2D eigenvalue weighted by molar-refractivity contribution is 5.63. The van der Waals surface area contributed by atoms with Crippen LogP contribution in [0.4, 0.5) is 11.4 Å². The molecule has 2 N–H and O–H groups in total. The van der Waals surface area contributed by atoms with E-state index in [-0.39, 0.29) is 10.6 Å². The van der Waals surface area contributed by atoms with Crippen molar-refractivity contribution in [1.82, 2.24) is 0 Å². The number of rotatable bonds is 2. The summed E-state index contributed by atoms with van der Waals surface area (Å²) in [5, 5.41) is 13.1. The van der Waals surface area contributed by atoms with Crippen LogP contribution in [0.5, 0.6) is 0 Å². The lowest BCUT2D eigenvalue weighted by Crippen LogP contribution is -2.89. The van der Waals surface area contributed by atoms with Gasteiger partial charge >= 0.3 is 0 Å². The van der Waals surface area contributed by atoms with Crippen LogP contribution in [0.25, 0.3) is 0 Å². The molecule has 0 aliphatic carbocycles. The fraction of sp³-hybridized carbons (Fsp3) is 0.400. The van der Waals surface area contributed by atoms with Crippen molar-refractivity contribution in [3.63, 3.8) is 0 Å². The molecule has 1 aromatic rings. The first-order valence-corrected chi connectivity index (χ1v) is 5.09. The summed E-state index contributed by atoms with van der Waals surface area (Å²) < 4.78 is 0. The van der Waals surface area contributed by atoms with Crippen molar-refractivity contribution in [3.8, 4) is 0 Å². The molecule has 0 saturated carbocycles. The zero-order valence-corrected chi connectivity index (χ0v) is 8.43. The summed E-state index contributed by atoms with van der Waals surface area (Å²) in [5.74, 6) is 0. The van der Waals surface area contributed by atoms with Crippen molar-refractivity contribution in [3.05, 3.63) is 34.4 Å². The lowest BCUT2D eigenvalue weighted by atomic mass is 10.2. The summed E-state index contributed by atoms with van der Waals surface area (Å²) in [6, 6.07) is 6.94. The minimum absolute atomic E-state index is 0.208. The second-order valence-corrected chi connectivity index (χ2v) is 3.60. The Morgan fingerprint density at radius 3 is 2.60 bits per heavy atom. The number of nitro groups is 1. The van der Waals surface area contributed by atoms with Gasteiger partial charge in [0, 0.05) is 6.07 Å². The molecule has 15 heavy (non-hydrogen) atoms. The maximum absolute atomic E-state index is 10.8. The van der Waals surface area contributed by atoms with Crippen molar-refractivity contribution < 1.29 is 10.2 Å². The third-order valence-corrected chi connectivity index (χ3v) is 2.63. The number of benzene rings is 1. The van der Waals surface area contributed by atoms with Gasteiger partial charge in [0.15, 0.2) is 0 Å². The highest BCUT2D eigenvalue weighted by Crippen LogP contribution is 2.27. The van der Waals surface area contributed by atoms with Crippen LogP contribution in [0.15, 0.2) is 24.3 Å². The summed E-state index contributed by atoms with van der Waals surface area (Å²) >= 11 is 0. The van der Waals surface area contributed by atoms with Gasteiger partial charge in [0.25, 0.3) is 5.69 Å². The molecule has 0 unspecified atom stereocenters. The highest BCUT2D eigenvalue weighted by atomic mass is 16.6. The second-order valence-electron chi connectivity index (χ2n) is 3.60. The molecular formula is C10H14N3O2+. The molecule has 1 aliphatic rings. The third kappa shape index (κ3) is 2.07. The van der Waals surface area contributed by atoms with Gasteiger partial charge in [-0.25, -0.2) is 0 Å². The Labute approximate surface area is 87.8 Å². The number of nitrogens with zero attached hydrogens (tertiary/aromatic N) is 2. The summed E-state index contributed by atoms with van der Waals surface area (Å²) in [5.41, 5.74) is 0.954. The second kappa shape index (κ2) is 4.27. The van der Waals surface area contributed by atoms with Gasteiger partial charge in [-0.2, -0.15) is 0 Å². The van der Waals surface area contributed by atoms with Crippen LogP contribution >= 0.6 is 0 Å². The van der Waals surface area contributed by atoms with E-state index < -0.39 is 0 Å². The van der Waals surface area contributed by atoms with E-state index in [9.17, 15) is 10.1 Å². The lowest BCUT2D eigenvalue weighted by Gasteiger charge is -2.26. The minimum Gasteiger partial charge on any atom is -0.355 e. The van der Waals surface area contributed by atoms with Crippen LogP contribution in [0.3, 0.4) is 0 Å². The standard InChI is InChI=1S/C10H13N3O2/c14-13(15)10-4-2-1-3-9(10)12-7-5-11-6-8-12/h1-4,11H,5-8H2/p+1. The van der Waals surface area contributed by atoms with E-state index in [0.29, 0.717) is 0 Å². The topological polar surface area (TPSA) is 63.0 Å². The molecular weight excluding hydrogens is 194 g/mol. The molecule has 0 amide bonds. The van der Waals surface area contributed by atoms with Gasteiger partial charge in [0.2, 0.25) is 0 Å². The number of piperazine rings is 1. The number of hydrogen-bond acceptors (Lipinski definition) is 3. The van der Waals surface area contributed by atoms with E-state index in [4.69, 9.17) is 0 Å². The monoisotopic (exact) mass is 208 g/mol. The van der Waals surface area contributed by atoms with Gasteiger partial charge in [0.1, 0.15) is 5.69 Å². The molecule has 0 atom stereocenters. The molecule has 1 heterocycles. The Hall–Kier alpha value is -1.62. The van der Waals surface area contributed by atoms with Gasteiger partial charge in [-0.05, 0) is 6.07 Å². The molecule has 1 saturated heterocycles. The Kier molecular flexibility index (Phi) is 2.82. The van der Waals surface area contributed by atoms with Gasteiger partial charge < -0.3 is 10.2 Å². The van der Waals surface area contributed by atoms with Crippen LogP contribution in [0.2, 0.25) is 0 Å². The first-order valence-electron chi connectivity index (χ1n) is 5.09. The van der Waals surface area contributed by atoms with Crippen LogP contribution in [0, 0.1) is 10.1 Å². The Morgan fingerprint density at radius 1 is 1.27 bits per heavy atom. The summed E-state index contributed by atoms with van der Waals surface area (Å²) in [6.07, 6.45) is 0. The molecule has 0 aromatic heterocycles. The minimum atomic E-state index is -0.312. The Morgan fingerprint density at radius 2 is 1.93 bits per heavy atom. The van der Waals surface area contributed by atoms with Crippen molar-refractivity contribution in [2.24, 2.45) is 0 Å². The summed E-state index contributed by atoms with van der Waals surface area (Å²) in [6.45, 7) is 3.77. The predicted octanol–water partition coefficient (Wildman–Crippen LogP) is -0.0218. The van der Waals surface area contributed by atoms with Crippen molar-refractivity contribution in [2.45, 2.75) is 0 Å². The van der Waals surface area contributed by atoms with E-state index in [0.717, 1.165) is 31.9 Å². The molecule has 0 radical (unpaired) electrons. The molecule has 1 fully saturated rings.